The Morgan fingerprint density at radius 3 is 2.58 bits per heavy atom. The fourth-order valence-electron chi connectivity index (χ4n) is 3.55. The third-order valence-electron chi connectivity index (χ3n) is 5.16. The first kappa shape index (κ1) is 20.9. The molecule has 1 amide bonds. The van der Waals surface area contributed by atoms with Crippen LogP contribution in [0, 0.1) is 0 Å². The van der Waals surface area contributed by atoms with Gasteiger partial charge in [0.2, 0.25) is 0 Å². The predicted molar refractivity (Wildman–Crippen MR) is 109 cm³/mol. The summed E-state index contributed by atoms with van der Waals surface area (Å²) in [6, 6.07) is 9.66. The summed E-state index contributed by atoms with van der Waals surface area (Å²) < 4.78 is 45.4. The molecule has 0 aliphatic carbocycles. The number of aliphatic hydroxyl groups is 1. The minimum absolute atomic E-state index is 0.000568. The zero-order valence-corrected chi connectivity index (χ0v) is 16.6. The number of nitrogens with zero attached hydrogens (tertiary/aromatic N) is 2. The molecule has 0 spiro atoms. The molecule has 1 aromatic carbocycles. The number of β-amino-alcohol motifs (C(OH)–C–C–N with tert-alkyl or cyclic N) is 1. The van der Waals surface area contributed by atoms with Gasteiger partial charge in [-0.2, -0.15) is 13.2 Å². The highest BCUT2D eigenvalue weighted by Crippen LogP contribution is 2.38. The highest BCUT2D eigenvalue weighted by atomic mass is 19.4. The van der Waals surface area contributed by atoms with Crippen molar-refractivity contribution in [3.63, 3.8) is 0 Å². The van der Waals surface area contributed by atoms with E-state index >= 15 is 0 Å². The summed E-state index contributed by atoms with van der Waals surface area (Å²) in [6.07, 6.45) is -0.933. The van der Waals surface area contributed by atoms with Gasteiger partial charge in [0.25, 0.3) is 5.91 Å². The summed E-state index contributed by atoms with van der Waals surface area (Å²) in [5.41, 5.74) is -0.716. The topological polar surface area (TPSA) is 78.6 Å². The first-order valence-corrected chi connectivity index (χ1v) is 9.63. The minimum atomic E-state index is -4.56. The molecule has 1 aliphatic heterocycles. The van der Waals surface area contributed by atoms with Gasteiger partial charge in [-0.3, -0.25) is 9.78 Å². The molecule has 1 fully saturated rings. The lowest BCUT2D eigenvalue weighted by atomic mass is 10.1. The van der Waals surface area contributed by atoms with Gasteiger partial charge in [0, 0.05) is 31.0 Å². The number of furan rings is 1. The quantitative estimate of drug-likeness (QED) is 0.633. The average molecular weight is 431 g/mol. The van der Waals surface area contributed by atoms with E-state index in [4.69, 9.17) is 4.42 Å². The maximum absolute atomic E-state index is 13.3. The Hall–Kier alpha value is -3.33. The van der Waals surface area contributed by atoms with Gasteiger partial charge >= 0.3 is 6.18 Å². The smallest absolute Gasteiger partial charge is 0.416 e. The van der Waals surface area contributed by atoms with Gasteiger partial charge in [-0.05, 0) is 55.8 Å². The summed E-state index contributed by atoms with van der Waals surface area (Å²) in [5, 5.41) is 12.8. The zero-order valence-electron chi connectivity index (χ0n) is 16.6. The lowest BCUT2D eigenvalue weighted by molar-refractivity contribution is -0.137. The number of pyridine rings is 1. The van der Waals surface area contributed by atoms with Crippen LogP contribution in [0.25, 0.3) is 11.3 Å². The number of amides is 1. The number of alkyl halides is 3. The summed E-state index contributed by atoms with van der Waals surface area (Å²) in [7, 11) is 0. The first-order chi connectivity index (χ1) is 14.6. The average Bonchev–Trinajstić information content (AvgIpc) is 3.35. The van der Waals surface area contributed by atoms with Crippen molar-refractivity contribution in [1.82, 2.24) is 4.98 Å². The Bertz CT molecular complexity index is 1090. The van der Waals surface area contributed by atoms with E-state index in [1.807, 2.05) is 0 Å². The van der Waals surface area contributed by atoms with Gasteiger partial charge in [-0.1, -0.05) is 0 Å². The predicted octanol–water partition coefficient (Wildman–Crippen LogP) is 4.57. The molecule has 0 saturated carbocycles. The largest absolute Gasteiger partial charge is 0.451 e. The number of hydrogen-bond donors (Lipinski definition) is 2. The Morgan fingerprint density at radius 1 is 1.19 bits per heavy atom. The minimum Gasteiger partial charge on any atom is -0.451 e. The van der Waals surface area contributed by atoms with Crippen LogP contribution in [-0.4, -0.2) is 34.7 Å². The number of halogens is 3. The summed E-state index contributed by atoms with van der Waals surface area (Å²) in [5.74, 6) is -0.275. The van der Waals surface area contributed by atoms with Gasteiger partial charge in [-0.25, -0.2) is 0 Å². The Kier molecular flexibility index (Phi) is 5.22. The molecule has 3 aromatic rings. The molecule has 3 heterocycles. The van der Waals surface area contributed by atoms with Crippen molar-refractivity contribution >= 4 is 17.3 Å². The van der Waals surface area contributed by atoms with Crippen molar-refractivity contribution in [2.75, 3.05) is 23.3 Å². The van der Waals surface area contributed by atoms with Crippen molar-refractivity contribution in [2.24, 2.45) is 0 Å². The van der Waals surface area contributed by atoms with Crippen molar-refractivity contribution in [2.45, 2.75) is 25.1 Å². The number of rotatable bonds is 4. The molecule has 1 saturated heterocycles. The molecule has 0 unspecified atom stereocenters. The Morgan fingerprint density at radius 2 is 1.94 bits per heavy atom. The lowest BCUT2D eigenvalue weighted by Crippen LogP contribution is -2.30. The molecule has 2 aromatic heterocycles. The summed E-state index contributed by atoms with van der Waals surface area (Å²) >= 11 is 0. The van der Waals surface area contributed by atoms with Crippen LogP contribution in [0.1, 0.15) is 29.5 Å². The molecule has 2 N–H and O–H groups in total. The first-order valence-electron chi connectivity index (χ1n) is 9.63. The highest BCUT2D eigenvalue weighted by Gasteiger charge is 2.35. The zero-order chi connectivity index (χ0) is 22.2. The van der Waals surface area contributed by atoms with E-state index in [9.17, 15) is 23.1 Å². The van der Waals surface area contributed by atoms with Crippen LogP contribution in [0.5, 0.6) is 0 Å². The van der Waals surface area contributed by atoms with Crippen LogP contribution in [0.15, 0.2) is 59.3 Å². The standard InChI is InChI=1S/C22H20F3N3O3/c1-21(30)8-11-28(13-21)17-3-2-15(22(23,24)25)12-16(17)27-20(29)19-5-4-18(31-19)14-6-9-26-10-7-14/h2-7,9-10,12,30H,8,11,13H2,1H3,(H,27,29)/t21-/m0/s1. The second kappa shape index (κ2) is 7.73. The lowest BCUT2D eigenvalue weighted by Gasteiger charge is -2.24. The van der Waals surface area contributed by atoms with E-state index in [1.54, 1.807) is 42.4 Å². The maximum Gasteiger partial charge on any atom is 0.416 e. The van der Waals surface area contributed by atoms with Crippen LogP contribution in [-0.2, 0) is 6.18 Å². The van der Waals surface area contributed by atoms with E-state index in [2.05, 4.69) is 10.3 Å². The number of anilines is 2. The molecular formula is C22H20F3N3O3. The molecule has 0 bridgehead atoms. The number of nitrogens with one attached hydrogen (secondary N) is 1. The molecule has 4 rings (SSSR count). The summed E-state index contributed by atoms with van der Waals surface area (Å²) in [4.78, 5) is 18.4. The van der Waals surface area contributed by atoms with E-state index < -0.39 is 23.2 Å². The van der Waals surface area contributed by atoms with Crippen LogP contribution in [0.2, 0.25) is 0 Å². The molecular weight excluding hydrogens is 411 g/mol. The van der Waals surface area contributed by atoms with Crippen LogP contribution < -0.4 is 10.2 Å². The van der Waals surface area contributed by atoms with Crippen LogP contribution in [0.3, 0.4) is 0 Å². The van der Waals surface area contributed by atoms with Gasteiger partial charge < -0.3 is 19.7 Å². The number of carbonyl (C=O) groups is 1. The molecule has 9 heteroatoms. The second-order valence-corrected chi connectivity index (χ2v) is 7.75. The van der Waals surface area contributed by atoms with E-state index in [0.29, 0.717) is 30.0 Å². The SMILES string of the molecule is C[C@]1(O)CCN(c2ccc(C(F)(F)F)cc2NC(=O)c2ccc(-c3ccncc3)o2)C1. The molecule has 6 nitrogen and oxygen atoms in total. The Balaban J connectivity index is 1.63. The monoisotopic (exact) mass is 431 g/mol. The van der Waals surface area contributed by atoms with E-state index in [1.165, 1.54) is 12.1 Å². The van der Waals surface area contributed by atoms with Crippen molar-refractivity contribution in [3.8, 4) is 11.3 Å². The van der Waals surface area contributed by atoms with Gasteiger partial charge in [-0.15, -0.1) is 0 Å². The number of benzene rings is 1. The van der Waals surface area contributed by atoms with Crippen molar-refractivity contribution in [3.05, 3.63) is 66.2 Å². The third kappa shape index (κ3) is 4.56. The van der Waals surface area contributed by atoms with Crippen molar-refractivity contribution < 1.29 is 27.5 Å². The van der Waals surface area contributed by atoms with Gasteiger partial charge in [0.05, 0.1) is 22.5 Å². The summed E-state index contributed by atoms with van der Waals surface area (Å²) in [6.45, 7) is 2.36. The van der Waals surface area contributed by atoms with Crippen molar-refractivity contribution in [1.29, 1.82) is 0 Å². The Labute approximate surface area is 176 Å². The maximum atomic E-state index is 13.3. The molecule has 1 atom stereocenters. The fourth-order valence-corrected chi connectivity index (χ4v) is 3.55. The van der Waals surface area contributed by atoms with Crippen LogP contribution >= 0.6 is 0 Å². The number of aromatic nitrogens is 1. The molecule has 0 radical (unpaired) electrons. The highest BCUT2D eigenvalue weighted by molar-refractivity contribution is 6.04. The van der Waals surface area contributed by atoms with Crippen LogP contribution in [0.4, 0.5) is 24.5 Å². The van der Waals surface area contributed by atoms with Gasteiger partial charge in [0.15, 0.2) is 5.76 Å². The number of hydrogen-bond acceptors (Lipinski definition) is 5. The number of carbonyl (C=O) groups excluding carboxylic acids is 1. The van der Waals surface area contributed by atoms with Gasteiger partial charge in [0.1, 0.15) is 5.76 Å². The van der Waals surface area contributed by atoms with E-state index in [-0.39, 0.29) is 18.0 Å². The second-order valence-electron chi connectivity index (χ2n) is 7.75. The fraction of sp³-hybridized carbons (Fsp3) is 0.273. The molecule has 162 valence electrons. The molecule has 31 heavy (non-hydrogen) atoms. The third-order valence-corrected chi connectivity index (χ3v) is 5.16. The normalized spacial score (nSPS) is 18.9. The van der Waals surface area contributed by atoms with E-state index in [0.717, 1.165) is 12.1 Å². The molecule has 1 aliphatic rings.